The molecule has 3 saturated heterocycles. The Hall–Kier alpha value is -3.24. The van der Waals surface area contributed by atoms with Crippen molar-refractivity contribution in [2.45, 2.75) is 57.8 Å². The summed E-state index contributed by atoms with van der Waals surface area (Å²) in [5.41, 5.74) is 7.08. The van der Waals surface area contributed by atoms with Gasteiger partial charge in [-0.05, 0) is 58.7 Å². The van der Waals surface area contributed by atoms with E-state index in [2.05, 4.69) is 45.0 Å². The minimum absolute atomic E-state index is 0.290. The lowest BCUT2D eigenvalue weighted by Gasteiger charge is -2.33. The first-order valence-electron chi connectivity index (χ1n) is 12.7. The van der Waals surface area contributed by atoms with Gasteiger partial charge in [0.1, 0.15) is 5.82 Å². The van der Waals surface area contributed by atoms with Gasteiger partial charge in [-0.3, -0.25) is 9.78 Å². The Morgan fingerprint density at radius 2 is 1.86 bits per heavy atom. The molecule has 0 aliphatic carbocycles. The molecule has 10 nitrogen and oxygen atoms in total. The third kappa shape index (κ3) is 3.46. The highest BCUT2D eigenvalue weighted by Gasteiger charge is 2.35. The Bertz CT molecular complexity index is 1350. The van der Waals surface area contributed by atoms with Gasteiger partial charge >= 0.3 is 0 Å². The van der Waals surface area contributed by atoms with Crippen molar-refractivity contribution < 1.29 is 4.74 Å². The van der Waals surface area contributed by atoms with Gasteiger partial charge in [-0.1, -0.05) is 0 Å². The van der Waals surface area contributed by atoms with E-state index < -0.39 is 0 Å². The molecule has 35 heavy (non-hydrogen) atoms. The molecule has 3 aliphatic heterocycles. The van der Waals surface area contributed by atoms with E-state index in [4.69, 9.17) is 19.9 Å². The van der Waals surface area contributed by atoms with Crippen molar-refractivity contribution in [1.29, 1.82) is 0 Å². The molecule has 7 rings (SSSR count). The largest absolute Gasteiger partial charge is 0.371 e. The second kappa shape index (κ2) is 8.17. The quantitative estimate of drug-likeness (QED) is 0.470. The SMILES string of the molecule is Cc1nn(C2CCNCC2)c(C)c1-c1cc(N2CC3CCC(C2)O3)nc2c(-c3ccn[nH]3)cnn12. The molecular formula is C25H31N9O. The van der Waals surface area contributed by atoms with Gasteiger partial charge in [-0.2, -0.15) is 15.3 Å². The van der Waals surface area contributed by atoms with Gasteiger partial charge < -0.3 is 15.0 Å². The number of ether oxygens (including phenoxy) is 1. The maximum atomic E-state index is 6.11. The van der Waals surface area contributed by atoms with E-state index in [0.29, 0.717) is 18.2 Å². The number of hydrogen-bond acceptors (Lipinski definition) is 7. The molecule has 3 aliphatic rings. The van der Waals surface area contributed by atoms with E-state index in [-0.39, 0.29) is 0 Å². The molecule has 2 atom stereocenters. The maximum Gasteiger partial charge on any atom is 0.167 e. The number of fused-ring (bicyclic) bond motifs is 3. The molecule has 0 amide bonds. The molecule has 2 bridgehead atoms. The average molecular weight is 474 g/mol. The third-order valence-corrected chi connectivity index (χ3v) is 7.85. The van der Waals surface area contributed by atoms with E-state index in [9.17, 15) is 0 Å². The van der Waals surface area contributed by atoms with Crippen molar-refractivity contribution in [3.05, 3.63) is 35.9 Å². The van der Waals surface area contributed by atoms with Gasteiger partial charge in [0, 0.05) is 36.6 Å². The lowest BCUT2D eigenvalue weighted by Crippen LogP contribution is -2.43. The molecular weight excluding hydrogens is 442 g/mol. The predicted molar refractivity (Wildman–Crippen MR) is 133 cm³/mol. The lowest BCUT2D eigenvalue weighted by atomic mass is 10.1. The fourth-order valence-corrected chi connectivity index (χ4v) is 6.13. The second-order valence-electron chi connectivity index (χ2n) is 10.1. The summed E-state index contributed by atoms with van der Waals surface area (Å²) < 4.78 is 10.3. The van der Waals surface area contributed by atoms with Crippen molar-refractivity contribution >= 4 is 11.5 Å². The zero-order chi connectivity index (χ0) is 23.5. The molecule has 4 aromatic rings. The Labute approximate surface area is 203 Å². The topological polar surface area (TPSA) is 101 Å². The zero-order valence-corrected chi connectivity index (χ0v) is 20.2. The summed E-state index contributed by atoms with van der Waals surface area (Å²) in [6.45, 7) is 8.12. The fourth-order valence-electron chi connectivity index (χ4n) is 6.13. The smallest absolute Gasteiger partial charge is 0.167 e. The standard InChI is InChI=1S/C25H31N9O/c1-15-24(16(2)33(31-15)17-5-8-26-9-6-17)22-11-23(32-13-18-3-4-19(14-32)35-18)29-25-20(12-28-34(22)25)21-7-10-27-30-21/h7,10-12,17-19,26H,3-6,8-9,13-14H2,1-2H3,(H,27,30). The number of hydrogen-bond donors (Lipinski definition) is 2. The van der Waals surface area contributed by atoms with Gasteiger partial charge in [0.2, 0.25) is 0 Å². The van der Waals surface area contributed by atoms with Crippen LogP contribution in [0.3, 0.4) is 0 Å². The molecule has 7 heterocycles. The van der Waals surface area contributed by atoms with Crippen LogP contribution in [0.1, 0.15) is 43.1 Å². The first kappa shape index (κ1) is 21.1. The number of nitrogens with zero attached hydrogens (tertiary/aromatic N) is 7. The van der Waals surface area contributed by atoms with Crippen molar-refractivity contribution in [2.75, 3.05) is 31.1 Å². The Kier molecular flexibility index (Phi) is 4.92. The first-order valence-corrected chi connectivity index (χ1v) is 12.7. The summed E-state index contributed by atoms with van der Waals surface area (Å²) in [5.74, 6) is 0.974. The highest BCUT2D eigenvalue weighted by atomic mass is 16.5. The number of rotatable bonds is 4. The van der Waals surface area contributed by atoms with Crippen LogP contribution < -0.4 is 10.2 Å². The second-order valence-corrected chi connectivity index (χ2v) is 10.1. The van der Waals surface area contributed by atoms with E-state index in [0.717, 1.165) is 91.5 Å². The summed E-state index contributed by atoms with van der Waals surface area (Å²) in [5, 5.41) is 20.5. The van der Waals surface area contributed by atoms with Gasteiger partial charge in [0.25, 0.3) is 0 Å². The van der Waals surface area contributed by atoms with Crippen molar-refractivity contribution in [1.82, 2.24) is 39.9 Å². The van der Waals surface area contributed by atoms with Crippen LogP contribution in [0.15, 0.2) is 24.5 Å². The predicted octanol–water partition coefficient (Wildman–Crippen LogP) is 2.89. The van der Waals surface area contributed by atoms with Crippen LogP contribution in [-0.2, 0) is 4.74 Å². The molecule has 10 heteroatoms. The molecule has 2 N–H and O–H groups in total. The van der Waals surface area contributed by atoms with Gasteiger partial charge in [0.05, 0.1) is 47.1 Å². The van der Waals surface area contributed by atoms with Crippen LogP contribution in [-0.4, -0.2) is 73.0 Å². The summed E-state index contributed by atoms with van der Waals surface area (Å²) in [6, 6.07) is 4.59. The zero-order valence-electron chi connectivity index (χ0n) is 20.2. The molecule has 2 unspecified atom stereocenters. The molecule has 3 fully saturated rings. The molecule has 0 saturated carbocycles. The van der Waals surface area contributed by atoms with Crippen LogP contribution in [0.5, 0.6) is 0 Å². The number of H-pyrrole nitrogens is 1. The molecule has 0 spiro atoms. The van der Waals surface area contributed by atoms with Crippen LogP contribution in [0, 0.1) is 13.8 Å². The number of aryl methyl sites for hydroxylation is 1. The number of aromatic nitrogens is 7. The fraction of sp³-hybridized carbons (Fsp3) is 0.520. The maximum absolute atomic E-state index is 6.11. The first-order chi connectivity index (χ1) is 17.2. The van der Waals surface area contributed by atoms with E-state index in [1.54, 1.807) is 6.20 Å². The number of piperidine rings is 1. The Balaban J connectivity index is 1.40. The molecule has 0 radical (unpaired) electrons. The number of aromatic amines is 1. The number of morpholine rings is 1. The van der Waals surface area contributed by atoms with Crippen molar-refractivity contribution in [3.63, 3.8) is 0 Å². The monoisotopic (exact) mass is 473 g/mol. The summed E-state index contributed by atoms with van der Waals surface area (Å²) in [7, 11) is 0. The highest BCUT2D eigenvalue weighted by Crippen LogP contribution is 2.36. The average Bonchev–Trinajstić information content (AvgIpc) is 3.66. The number of anilines is 1. The van der Waals surface area contributed by atoms with E-state index in [1.165, 1.54) is 5.69 Å². The Morgan fingerprint density at radius 1 is 1.06 bits per heavy atom. The third-order valence-electron chi connectivity index (χ3n) is 7.85. The van der Waals surface area contributed by atoms with Crippen LogP contribution in [0.25, 0.3) is 28.2 Å². The lowest BCUT2D eigenvalue weighted by molar-refractivity contribution is 0.0302. The molecule has 4 aromatic heterocycles. The van der Waals surface area contributed by atoms with Crippen LogP contribution in [0.4, 0.5) is 5.82 Å². The minimum atomic E-state index is 0.290. The van der Waals surface area contributed by atoms with Crippen molar-refractivity contribution in [2.24, 2.45) is 0 Å². The molecule has 0 aromatic carbocycles. The van der Waals surface area contributed by atoms with E-state index >= 15 is 0 Å². The van der Waals surface area contributed by atoms with Gasteiger partial charge in [0.15, 0.2) is 5.65 Å². The Morgan fingerprint density at radius 3 is 2.60 bits per heavy atom. The normalized spacial score (nSPS) is 23.0. The number of nitrogens with one attached hydrogen (secondary N) is 2. The highest BCUT2D eigenvalue weighted by molar-refractivity contribution is 5.80. The summed E-state index contributed by atoms with van der Waals surface area (Å²) in [4.78, 5) is 7.53. The summed E-state index contributed by atoms with van der Waals surface area (Å²) >= 11 is 0. The van der Waals surface area contributed by atoms with Crippen LogP contribution in [0.2, 0.25) is 0 Å². The molecule has 182 valence electrons. The minimum Gasteiger partial charge on any atom is -0.371 e. The van der Waals surface area contributed by atoms with Crippen molar-refractivity contribution in [3.8, 4) is 22.5 Å². The van der Waals surface area contributed by atoms with Gasteiger partial charge in [-0.15, -0.1) is 0 Å². The van der Waals surface area contributed by atoms with Crippen LogP contribution >= 0.6 is 0 Å². The summed E-state index contributed by atoms with van der Waals surface area (Å²) in [6.07, 6.45) is 8.68. The van der Waals surface area contributed by atoms with Gasteiger partial charge in [-0.25, -0.2) is 9.50 Å². The van der Waals surface area contributed by atoms with E-state index in [1.807, 2.05) is 16.8 Å².